The smallest absolute Gasteiger partial charge is 0.475 e. The summed E-state index contributed by atoms with van der Waals surface area (Å²) >= 11 is 0. The second-order valence-electron chi connectivity index (χ2n) is 4.39. The summed E-state index contributed by atoms with van der Waals surface area (Å²) in [4.78, 5) is 30.1. The van der Waals surface area contributed by atoms with E-state index in [9.17, 15) is 19.6 Å². The van der Waals surface area contributed by atoms with Crippen LogP contribution in [0.5, 0.6) is 0 Å². The van der Waals surface area contributed by atoms with E-state index < -0.39 is 24.9 Å². The number of tetrazole rings is 1. The van der Waals surface area contributed by atoms with Crippen molar-refractivity contribution in [3.05, 3.63) is 5.82 Å². The highest BCUT2D eigenvalue weighted by Gasteiger charge is 2.29. The number of carbonyl (C=O) groups is 2. The maximum absolute atomic E-state index is 11.7. The van der Waals surface area contributed by atoms with Crippen LogP contribution in [-0.2, 0) is 16.0 Å². The number of amidine groups is 1. The molecule has 1 atom stereocenters. The van der Waals surface area contributed by atoms with Gasteiger partial charge < -0.3 is 20.5 Å². The van der Waals surface area contributed by atoms with E-state index in [1.807, 2.05) is 0 Å². The summed E-state index contributed by atoms with van der Waals surface area (Å²) in [7, 11) is -1.86. The Morgan fingerprint density at radius 1 is 1.41 bits per heavy atom. The average molecular weight is 309 g/mol. The van der Waals surface area contributed by atoms with Crippen LogP contribution in [0.15, 0.2) is 9.98 Å². The summed E-state index contributed by atoms with van der Waals surface area (Å²) in [5.41, 5.74) is -0.140. The van der Waals surface area contributed by atoms with Crippen LogP contribution in [0.4, 0.5) is 0 Å². The van der Waals surface area contributed by atoms with Crippen molar-refractivity contribution in [1.29, 1.82) is 0 Å². The fourth-order valence-electron chi connectivity index (χ4n) is 1.70. The second-order valence-corrected chi connectivity index (χ2v) is 4.39. The Kier molecular flexibility index (Phi) is 4.90. The highest BCUT2D eigenvalue weighted by atomic mass is 16.4. The van der Waals surface area contributed by atoms with Crippen molar-refractivity contribution in [2.24, 2.45) is 9.98 Å². The molecular formula is C9H12BN7O5. The average Bonchev–Trinajstić information content (AvgIpc) is 3.09. The number of carbonyl (C=O) groups excluding carboxylic acids is 1. The Morgan fingerprint density at radius 3 is 2.73 bits per heavy atom. The third-order valence-corrected chi connectivity index (χ3v) is 2.74. The third kappa shape index (κ3) is 4.16. The van der Waals surface area contributed by atoms with Crippen LogP contribution in [0.1, 0.15) is 12.2 Å². The number of hydrogen-bond acceptors (Lipinski definition) is 9. The molecule has 0 radical (unpaired) electrons. The van der Waals surface area contributed by atoms with Gasteiger partial charge in [0.15, 0.2) is 5.82 Å². The zero-order chi connectivity index (χ0) is 16.1. The predicted molar refractivity (Wildman–Crippen MR) is 72.0 cm³/mol. The highest BCUT2D eigenvalue weighted by molar-refractivity contribution is 6.44. The first-order chi connectivity index (χ1) is 10.5. The van der Waals surface area contributed by atoms with E-state index in [1.54, 1.807) is 0 Å². The molecule has 0 spiro atoms. The molecule has 0 saturated heterocycles. The number of aromatic amines is 1. The number of rotatable bonds is 7. The molecule has 5 N–H and O–H groups in total. The lowest BCUT2D eigenvalue weighted by molar-refractivity contribution is -0.129. The molecular weight excluding hydrogens is 297 g/mol. The van der Waals surface area contributed by atoms with E-state index in [-0.39, 0.29) is 36.8 Å². The molecule has 1 aliphatic heterocycles. The SMILES string of the molecule is O=C(Cc1nn[nH]n1)N[C@@H](CC1=NCC(C(=O)O)=N1)B(O)O. The van der Waals surface area contributed by atoms with Crippen molar-refractivity contribution >= 4 is 30.5 Å². The number of hydrogen-bond donors (Lipinski definition) is 5. The van der Waals surface area contributed by atoms with Crippen LogP contribution in [-0.4, -0.2) is 78.8 Å². The van der Waals surface area contributed by atoms with Gasteiger partial charge in [0.2, 0.25) is 5.91 Å². The van der Waals surface area contributed by atoms with Crippen LogP contribution in [0.3, 0.4) is 0 Å². The quantitative estimate of drug-likeness (QED) is 0.322. The van der Waals surface area contributed by atoms with Crippen LogP contribution >= 0.6 is 0 Å². The first-order valence-corrected chi connectivity index (χ1v) is 6.17. The molecule has 0 fully saturated rings. The van der Waals surface area contributed by atoms with Gasteiger partial charge in [-0.3, -0.25) is 9.79 Å². The fourth-order valence-corrected chi connectivity index (χ4v) is 1.70. The first kappa shape index (κ1) is 15.7. The minimum atomic E-state index is -1.86. The molecule has 1 aromatic heterocycles. The van der Waals surface area contributed by atoms with Crippen molar-refractivity contribution in [3.63, 3.8) is 0 Å². The molecule has 2 rings (SSSR count). The predicted octanol–water partition coefficient (Wildman–Crippen LogP) is -3.43. The van der Waals surface area contributed by atoms with Gasteiger partial charge in [0.25, 0.3) is 0 Å². The zero-order valence-electron chi connectivity index (χ0n) is 11.2. The lowest BCUT2D eigenvalue weighted by Gasteiger charge is -2.16. The Bertz CT molecular complexity index is 614. The summed E-state index contributed by atoms with van der Waals surface area (Å²) < 4.78 is 0. The zero-order valence-corrected chi connectivity index (χ0v) is 11.2. The maximum Gasteiger partial charge on any atom is 0.475 e. The summed E-state index contributed by atoms with van der Waals surface area (Å²) in [6.07, 6.45) is -0.317. The second kappa shape index (κ2) is 6.86. The largest absolute Gasteiger partial charge is 0.477 e. The van der Waals surface area contributed by atoms with Gasteiger partial charge in [-0.05, 0) is 0 Å². The Hall–Kier alpha value is -2.67. The fraction of sp³-hybridized carbons (Fsp3) is 0.444. The number of aliphatic carboxylic acids is 1. The van der Waals surface area contributed by atoms with Gasteiger partial charge in [-0.1, -0.05) is 5.21 Å². The molecule has 13 heteroatoms. The molecule has 12 nitrogen and oxygen atoms in total. The van der Waals surface area contributed by atoms with Gasteiger partial charge in [-0.2, -0.15) is 5.21 Å². The van der Waals surface area contributed by atoms with E-state index >= 15 is 0 Å². The summed E-state index contributed by atoms with van der Waals surface area (Å²) in [6.45, 7) is -0.0876. The number of H-pyrrole nitrogens is 1. The highest BCUT2D eigenvalue weighted by Crippen LogP contribution is 2.05. The normalized spacial score (nSPS) is 15.0. The number of nitrogens with one attached hydrogen (secondary N) is 2. The Balaban J connectivity index is 1.93. The van der Waals surface area contributed by atoms with Crippen LogP contribution in [0.25, 0.3) is 0 Å². The van der Waals surface area contributed by atoms with E-state index in [0.29, 0.717) is 0 Å². The van der Waals surface area contributed by atoms with Crippen molar-refractivity contribution in [3.8, 4) is 0 Å². The van der Waals surface area contributed by atoms with Gasteiger partial charge in [0.1, 0.15) is 11.5 Å². The molecule has 22 heavy (non-hydrogen) atoms. The number of aliphatic imine (C=N–C) groups is 2. The molecule has 0 unspecified atom stereocenters. The molecule has 0 aliphatic carbocycles. The van der Waals surface area contributed by atoms with Crippen LogP contribution in [0, 0.1) is 0 Å². The Labute approximate surface area is 123 Å². The van der Waals surface area contributed by atoms with Crippen LogP contribution in [0.2, 0.25) is 0 Å². The van der Waals surface area contributed by atoms with Gasteiger partial charge >= 0.3 is 13.1 Å². The summed E-state index contributed by atoms with van der Waals surface area (Å²) in [5.74, 6) is -2.57. The molecule has 116 valence electrons. The van der Waals surface area contributed by atoms with E-state index in [0.717, 1.165) is 0 Å². The minimum Gasteiger partial charge on any atom is -0.477 e. The van der Waals surface area contributed by atoms with Gasteiger partial charge in [-0.25, -0.2) is 9.79 Å². The number of aromatic nitrogens is 4. The Morgan fingerprint density at radius 2 is 2.18 bits per heavy atom. The number of carboxylic acids is 1. The van der Waals surface area contributed by atoms with Crippen LogP contribution < -0.4 is 5.32 Å². The number of nitrogens with zero attached hydrogens (tertiary/aromatic N) is 5. The number of amides is 1. The third-order valence-electron chi connectivity index (χ3n) is 2.74. The van der Waals surface area contributed by atoms with Crippen molar-refractivity contribution in [2.75, 3.05) is 6.54 Å². The molecule has 1 aliphatic rings. The molecule has 0 bridgehead atoms. The molecule has 1 amide bonds. The number of carboxylic acid groups (broad SMARTS) is 1. The first-order valence-electron chi connectivity index (χ1n) is 6.17. The standard InChI is InChI=1S/C9H12BN7O5/c18-8(2-7-14-16-17-15-7)13-5(10(21)22)1-6-11-3-4(12-6)9(19)20/h5,21-22H,1-3H2,(H,13,18)(H,19,20)(H,14,15,16,17)/t5-/m0/s1. The lowest BCUT2D eigenvalue weighted by atomic mass is 9.77. The molecule has 1 aromatic rings. The van der Waals surface area contributed by atoms with Gasteiger partial charge in [0, 0.05) is 6.42 Å². The molecule has 0 saturated carbocycles. The monoisotopic (exact) mass is 309 g/mol. The molecule has 2 heterocycles. The van der Waals surface area contributed by atoms with E-state index in [4.69, 9.17) is 5.11 Å². The lowest BCUT2D eigenvalue weighted by Crippen LogP contribution is -2.48. The van der Waals surface area contributed by atoms with Crippen molar-refractivity contribution < 1.29 is 24.7 Å². The van der Waals surface area contributed by atoms with E-state index in [2.05, 4.69) is 35.9 Å². The van der Waals surface area contributed by atoms with E-state index in [1.165, 1.54) is 0 Å². The van der Waals surface area contributed by atoms with Gasteiger partial charge in [0.05, 0.1) is 18.9 Å². The molecule has 0 aromatic carbocycles. The summed E-state index contributed by atoms with van der Waals surface area (Å²) in [6, 6.07) is 0. The van der Waals surface area contributed by atoms with Crippen molar-refractivity contribution in [1.82, 2.24) is 25.9 Å². The summed E-state index contributed by atoms with van der Waals surface area (Å²) in [5, 5.41) is 42.4. The van der Waals surface area contributed by atoms with Gasteiger partial charge in [-0.15, -0.1) is 10.2 Å². The van der Waals surface area contributed by atoms with Crippen molar-refractivity contribution in [2.45, 2.75) is 18.8 Å². The maximum atomic E-state index is 11.7. The minimum absolute atomic E-state index is 0.0876. The topological polar surface area (TPSA) is 186 Å².